The summed E-state index contributed by atoms with van der Waals surface area (Å²) in [5, 5.41) is 10.1. The summed E-state index contributed by atoms with van der Waals surface area (Å²) in [5.74, 6) is -0.256. The van der Waals surface area contributed by atoms with Crippen LogP contribution in [-0.2, 0) is 6.54 Å². The van der Waals surface area contributed by atoms with Gasteiger partial charge in [-0.15, -0.1) is 0 Å². The average Bonchev–Trinajstić information content (AvgIpc) is 3.07. The van der Waals surface area contributed by atoms with Gasteiger partial charge in [-0.2, -0.15) is 16.4 Å². The maximum atomic E-state index is 12.7. The van der Waals surface area contributed by atoms with Crippen LogP contribution in [0.15, 0.2) is 64.1 Å². The number of para-hydroxylation sites is 1. The lowest BCUT2D eigenvalue weighted by Crippen LogP contribution is -2.31. The highest BCUT2D eigenvalue weighted by atomic mass is 32.1. The minimum absolute atomic E-state index is 0.207. The lowest BCUT2D eigenvalue weighted by Gasteiger charge is -2.22. The van der Waals surface area contributed by atoms with Crippen molar-refractivity contribution < 1.29 is 4.79 Å². The number of anilines is 1. The summed E-state index contributed by atoms with van der Waals surface area (Å²) >= 11 is 1.59. The number of aromatic amines is 1. The molecular formula is C16H13N3O2S. The van der Waals surface area contributed by atoms with E-state index in [4.69, 9.17) is 0 Å². The highest BCUT2D eigenvalue weighted by molar-refractivity contribution is 7.07. The minimum Gasteiger partial charge on any atom is -0.303 e. The fourth-order valence-electron chi connectivity index (χ4n) is 2.06. The molecule has 0 saturated heterocycles. The van der Waals surface area contributed by atoms with Gasteiger partial charge in [0.15, 0.2) is 0 Å². The van der Waals surface area contributed by atoms with E-state index in [1.807, 2.05) is 47.2 Å². The maximum absolute atomic E-state index is 12.7. The summed E-state index contributed by atoms with van der Waals surface area (Å²) in [5.41, 5.74) is 1.71. The first-order valence-corrected chi connectivity index (χ1v) is 7.62. The van der Waals surface area contributed by atoms with Crippen LogP contribution in [-0.4, -0.2) is 16.1 Å². The Morgan fingerprint density at radius 2 is 1.95 bits per heavy atom. The zero-order valence-corrected chi connectivity index (χ0v) is 12.4. The van der Waals surface area contributed by atoms with Crippen molar-refractivity contribution in [3.05, 3.63) is 80.9 Å². The second kappa shape index (κ2) is 6.36. The molecule has 0 radical (unpaired) electrons. The van der Waals surface area contributed by atoms with Crippen molar-refractivity contribution in [2.45, 2.75) is 6.54 Å². The molecule has 6 heteroatoms. The Morgan fingerprint density at radius 1 is 1.14 bits per heavy atom. The number of amides is 1. The molecule has 0 bridgehead atoms. The predicted molar refractivity (Wildman–Crippen MR) is 86.1 cm³/mol. The Kier molecular flexibility index (Phi) is 4.11. The molecule has 1 N–H and O–H groups in total. The molecule has 0 unspecified atom stereocenters. The van der Waals surface area contributed by atoms with E-state index in [2.05, 4.69) is 10.2 Å². The topological polar surface area (TPSA) is 66.1 Å². The van der Waals surface area contributed by atoms with Crippen molar-refractivity contribution in [2.24, 2.45) is 0 Å². The Bertz CT molecular complexity index is 792. The van der Waals surface area contributed by atoms with Gasteiger partial charge in [0.1, 0.15) is 5.69 Å². The van der Waals surface area contributed by atoms with Crippen molar-refractivity contribution in [3.8, 4) is 0 Å². The number of hydrogen-bond acceptors (Lipinski definition) is 4. The Balaban J connectivity index is 1.95. The number of thiophene rings is 1. The van der Waals surface area contributed by atoms with Gasteiger partial charge in [-0.1, -0.05) is 18.2 Å². The van der Waals surface area contributed by atoms with Crippen molar-refractivity contribution in [1.29, 1.82) is 0 Å². The van der Waals surface area contributed by atoms with E-state index < -0.39 is 0 Å². The summed E-state index contributed by atoms with van der Waals surface area (Å²) in [6.45, 7) is 0.452. The molecule has 0 aliphatic rings. The molecule has 1 aromatic carbocycles. The molecular weight excluding hydrogens is 298 g/mol. The first-order valence-electron chi connectivity index (χ1n) is 6.68. The predicted octanol–water partition coefficient (Wildman–Crippen LogP) is 2.68. The molecule has 0 spiro atoms. The lowest BCUT2D eigenvalue weighted by molar-refractivity contribution is 0.0979. The Hall–Kier alpha value is -2.73. The molecule has 0 atom stereocenters. The van der Waals surface area contributed by atoms with E-state index in [0.29, 0.717) is 6.54 Å². The van der Waals surface area contributed by atoms with Crippen molar-refractivity contribution in [2.75, 3.05) is 4.90 Å². The van der Waals surface area contributed by atoms with Crippen LogP contribution in [0.2, 0.25) is 0 Å². The summed E-state index contributed by atoms with van der Waals surface area (Å²) in [6.07, 6.45) is 0. The van der Waals surface area contributed by atoms with E-state index in [9.17, 15) is 9.59 Å². The zero-order chi connectivity index (χ0) is 15.4. The highest BCUT2D eigenvalue weighted by Gasteiger charge is 2.19. The molecule has 0 saturated carbocycles. The van der Waals surface area contributed by atoms with Gasteiger partial charge in [-0.3, -0.25) is 9.59 Å². The zero-order valence-electron chi connectivity index (χ0n) is 11.6. The third kappa shape index (κ3) is 3.12. The molecule has 0 fully saturated rings. The van der Waals surface area contributed by atoms with E-state index >= 15 is 0 Å². The molecule has 2 heterocycles. The van der Waals surface area contributed by atoms with Crippen LogP contribution < -0.4 is 10.5 Å². The third-order valence-electron chi connectivity index (χ3n) is 3.13. The van der Waals surface area contributed by atoms with E-state index in [0.717, 1.165) is 11.3 Å². The van der Waals surface area contributed by atoms with Gasteiger partial charge in [0.25, 0.3) is 11.5 Å². The molecule has 5 nitrogen and oxygen atoms in total. The number of nitrogens with one attached hydrogen (secondary N) is 1. The second-order valence-corrected chi connectivity index (χ2v) is 5.44. The lowest BCUT2D eigenvalue weighted by atomic mass is 10.2. The van der Waals surface area contributed by atoms with Gasteiger partial charge in [-0.05, 0) is 40.6 Å². The number of aromatic nitrogens is 2. The number of hydrogen-bond donors (Lipinski definition) is 1. The molecule has 0 aliphatic heterocycles. The van der Waals surface area contributed by atoms with Gasteiger partial charge >= 0.3 is 0 Å². The average molecular weight is 311 g/mol. The van der Waals surface area contributed by atoms with Gasteiger partial charge in [0, 0.05) is 11.8 Å². The van der Waals surface area contributed by atoms with Gasteiger partial charge in [0.2, 0.25) is 0 Å². The number of nitrogens with zero attached hydrogens (tertiary/aromatic N) is 2. The van der Waals surface area contributed by atoms with Crippen molar-refractivity contribution in [3.63, 3.8) is 0 Å². The van der Waals surface area contributed by atoms with Gasteiger partial charge < -0.3 is 4.90 Å². The molecule has 22 heavy (non-hydrogen) atoms. The van der Waals surface area contributed by atoms with E-state index in [1.54, 1.807) is 16.2 Å². The van der Waals surface area contributed by atoms with Crippen molar-refractivity contribution in [1.82, 2.24) is 10.2 Å². The van der Waals surface area contributed by atoms with Crippen LogP contribution in [0.25, 0.3) is 0 Å². The second-order valence-electron chi connectivity index (χ2n) is 4.66. The largest absolute Gasteiger partial charge is 0.303 e. The number of rotatable bonds is 4. The molecule has 110 valence electrons. The van der Waals surface area contributed by atoms with Crippen LogP contribution in [0, 0.1) is 0 Å². The summed E-state index contributed by atoms with van der Waals surface area (Å²) in [7, 11) is 0. The molecule has 1 amide bonds. The first kappa shape index (κ1) is 14.2. The molecule has 0 aliphatic carbocycles. The SMILES string of the molecule is O=C(c1ccc(=O)[nH]n1)N(Cc1ccsc1)c1ccccc1. The summed E-state index contributed by atoms with van der Waals surface area (Å²) < 4.78 is 0. The van der Waals surface area contributed by atoms with Crippen LogP contribution in [0.1, 0.15) is 16.1 Å². The summed E-state index contributed by atoms with van der Waals surface area (Å²) in [6, 6.07) is 14.1. The number of H-pyrrole nitrogens is 1. The van der Waals surface area contributed by atoms with Crippen LogP contribution in [0.5, 0.6) is 0 Å². The van der Waals surface area contributed by atoms with Gasteiger partial charge in [-0.25, -0.2) is 5.10 Å². The van der Waals surface area contributed by atoms with Crippen molar-refractivity contribution >= 4 is 22.9 Å². The number of carbonyl (C=O) groups is 1. The third-order valence-corrected chi connectivity index (χ3v) is 3.86. The quantitative estimate of drug-likeness (QED) is 0.805. The molecule has 2 aromatic heterocycles. The fourth-order valence-corrected chi connectivity index (χ4v) is 2.72. The van der Waals surface area contributed by atoms with E-state index in [-0.39, 0.29) is 17.2 Å². The minimum atomic E-state index is -0.333. The maximum Gasteiger partial charge on any atom is 0.279 e. The molecule has 3 rings (SSSR count). The van der Waals surface area contributed by atoms with Crippen LogP contribution in [0.4, 0.5) is 5.69 Å². The monoisotopic (exact) mass is 311 g/mol. The fraction of sp³-hybridized carbons (Fsp3) is 0.0625. The van der Waals surface area contributed by atoms with Crippen LogP contribution in [0.3, 0.4) is 0 Å². The number of carbonyl (C=O) groups excluding carboxylic acids is 1. The summed E-state index contributed by atoms with van der Waals surface area (Å²) in [4.78, 5) is 25.5. The van der Waals surface area contributed by atoms with Crippen LogP contribution >= 0.6 is 11.3 Å². The smallest absolute Gasteiger partial charge is 0.279 e. The standard InChI is InChI=1S/C16H13N3O2S/c20-15-7-6-14(17-18-15)16(21)19(10-12-8-9-22-11-12)13-4-2-1-3-5-13/h1-9,11H,10H2,(H,18,20). The first-order chi connectivity index (χ1) is 10.7. The van der Waals surface area contributed by atoms with E-state index in [1.165, 1.54) is 12.1 Å². The Labute approximate surface area is 130 Å². The number of benzene rings is 1. The normalized spacial score (nSPS) is 10.4. The van der Waals surface area contributed by atoms with Gasteiger partial charge in [0.05, 0.1) is 6.54 Å². The highest BCUT2D eigenvalue weighted by Crippen LogP contribution is 2.20. The molecule has 3 aromatic rings. The Morgan fingerprint density at radius 3 is 2.59 bits per heavy atom.